The van der Waals surface area contributed by atoms with E-state index in [4.69, 9.17) is 0 Å². The Labute approximate surface area is 103 Å². The van der Waals surface area contributed by atoms with Crippen LogP contribution in [0.25, 0.3) is 0 Å². The Kier molecular flexibility index (Phi) is 4.92. The summed E-state index contributed by atoms with van der Waals surface area (Å²) in [6, 6.07) is -0.152. The van der Waals surface area contributed by atoms with Gasteiger partial charge in [0.15, 0.2) is 0 Å². The molecule has 0 aliphatic carbocycles. The maximum absolute atomic E-state index is 12.7. The Bertz CT molecular complexity index is 301. The van der Waals surface area contributed by atoms with Gasteiger partial charge >= 0.3 is 12.3 Å². The van der Waals surface area contributed by atoms with E-state index in [1.165, 1.54) is 0 Å². The quantitative estimate of drug-likeness (QED) is 0.745. The van der Waals surface area contributed by atoms with Crippen molar-refractivity contribution in [1.82, 2.24) is 15.1 Å². The van der Waals surface area contributed by atoms with Crippen LogP contribution in [0.5, 0.6) is 0 Å². The second-order valence-corrected chi connectivity index (χ2v) is 4.53. The van der Waals surface area contributed by atoms with E-state index in [1.54, 1.807) is 7.05 Å². The topological polar surface area (TPSA) is 35.6 Å². The third-order valence-corrected chi connectivity index (χ3v) is 3.06. The first-order chi connectivity index (χ1) is 8.25. The molecule has 4 nitrogen and oxygen atoms in total. The SMILES string of the molecule is CN1CCN(C)C(CNC(=O)C(F)(F)C(F)F)C1. The molecule has 1 unspecified atom stereocenters. The molecule has 1 saturated heterocycles. The predicted octanol–water partition coefficient (Wildman–Crippen LogP) is 0.249. The first-order valence-corrected chi connectivity index (χ1v) is 5.58. The maximum atomic E-state index is 12.7. The summed E-state index contributed by atoms with van der Waals surface area (Å²) in [5.41, 5.74) is 0. The van der Waals surface area contributed by atoms with E-state index < -0.39 is 18.3 Å². The van der Waals surface area contributed by atoms with E-state index in [0.717, 1.165) is 13.1 Å². The van der Waals surface area contributed by atoms with Crippen molar-refractivity contribution in [2.24, 2.45) is 0 Å². The van der Waals surface area contributed by atoms with Crippen LogP contribution in [-0.4, -0.2) is 74.4 Å². The van der Waals surface area contributed by atoms with Crippen LogP contribution in [-0.2, 0) is 4.79 Å². The Balaban J connectivity index is 2.47. The van der Waals surface area contributed by atoms with Gasteiger partial charge in [0.2, 0.25) is 0 Å². The van der Waals surface area contributed by atoms with Gasteiger partial charge in [0.05, 0.1) is 0 Å². The fraction of sp³-hybridized carbons (Fsp3) is 0.900. The van der Waals surface area contributed by atoms with Crippen molar-refractivity contribution in [1.29, 1.82) is 0 Å². The first-order valence-electron chi connectivity index (χ1n) is 5.58. The average Bonchev–Trinajstić information content (AvgIpc) is 2.29. The lowest BCUT2D eigenvalue weighted by atomic mass is 10.2. The second-order valence-electron chi connectivity index (χ2n) is 4.53. The van der Waals surface area contributed by atoms with Crippen molar-refractivity contribution in [3.8, 4) is 0 Å². The fourth-order valence-corrected chi connectivity index (χ4v) is 1.75. The normalized spacial score (nSPS) is 23.4. The van der Waals surface area contributed by atoms with Crippen LogP contribution < -0.4 is 5.32 Å². The van der Waals surface area contributed by atoms with Gasteiger partial charge in [-0.1, -0.05) is 0 Å². The van der Waals surface area contributed by atoms with Gasteiger partial charge in [-0.15, -0.1) is 0 Å². The first kappa shape index (κ1) is 15.2. The minimum atomic E-state index is -4.63. The number of hydrogen-bond acceptors (Lipinski definition) is 3. The smallest absolute Gasteiger partial charge is 0.349 e. The number of amides is 1. The van der Waals surface area contributed by atoms with Crippen molar-refractivity contribution < 1.29 is 22.4 Å². The van der Waals surface area contributed by atoms with E-state index in [1.807, 2.05) is 22.2 Å². The van der Waals surface area contributed by atoms with Gasteiger partial charge in [0.1, 0.15) is 0 Å². The van der Waals surface area contributed by atoms with Crippen LogP contribution in [0.4, 0.5) is 17.6 Å². The number of nitrogens with zero attached hydrogens (tertiary/aromatic N) is 2. The van der Waals surface area contributed by atoms with Crippen LogP contribution in [0.3, 0.4) is 0 Å². The zero-order valence-corrected chi connectivity index (χ0v) is 10.3. The number of alkyl halides is 4. The molecule has 1 aliphatic heterocycles. The molecule has 1 amide bonds. The zero-order chi connectivity index (χ0) is 13.9. The molecule has 1 aliphatic rings. The van der Waals surface area contributed by atoms with E-state index in [2.05, 4.69) is 0 Å². The summed E-state index contributed by atoms with van der Waals surface area (Å²) in [7, 11) is 3.67. The number of halogens is 4. The Morgan fingerprint density at radius 1 is 1.39 bits per heavy atom. The molecule has 0 saturated carbocycles. The second kappa shape index (κ2) is 5.83. The Morgan fingerprint density at radius 3 is 2.56 bits per heavy atom. The van der Waals surface area contributed by atoms with Crippen LogP contribution in [0.15, 0.2) is 0 Å². The molecule has 106 valence electrons. The van der Waals surface area contributed by atoms with E-state index >= 15 is 0 Å². The molecule has 0 aromatic carbocycles. The molecule has 0 aromatic heterocycles. The van der Waals surface area contributed by atoms with Crippen LogP contribution in [0, 0.1) is 0 Å². The molecule has 0 spiro atoms. The zero-order valence-electron chi connectivity index (χ0n) is 10.3. The summed E-state index contributed by atoms with van der Waals surface area (Å²) in [6.07, 6.45) is -3.98. The van der Waals surface area contributed by atoms with Gasteiger partial charge in [-0.2, -0.15) is 8.78 Å². The molecule has 18 heavy (non-hydrogen) atoms. The summed E-state index contributed by atoms with van der Waals surface area (Å²) in [5, 5.41) is 1.89. The molecule has 1 rings (SSSR count). The van der Waals surface area contributed by atoms with Crippen molar-refractivity contribution in [2.45, 2.75) is 18.4 Å². The summed E-state index contributed by atoms with van der Waals surface area (Å²) in [4.78, 5) is 14.9. The van der Waals surface area contributed by atoms with Crippen LogP contribution >= 0.6 is 0 Å². The molecule has 1 atom stereocenters. The summed E-state index contributed by atoms with van der Waals surface area (Å²) in [5.74, 6) is -6.54. The standard InChI is InChI=1S/C10H17F4N3O/c1-16-3-4-17(2)7(6-16)5-15-9(18)10(13,14)8(11)12/h7-8H,3-6H2,1-2H3,(H,15,18). The minimum absolute atomic E-state index is 0.0675. The highest BCUT2D eigenvalue weighted by molar-refractivity contribution is 5.83. The van der Waals surface area contributed by atoms with Crippen LogP contribution in [0.1, 0.15) is 0 Å². The molecule has 0 bridgehead atoms. The van der Waals surface area contributed by atoms with Gasteiger partial charge in [-0.25, -0.2) is 8.78 Å². The fourth-order valence-electron chi connectivity index (χ4n) is 1.75. The predicted molar refractivity (Wildman–Crippen MR) is 57.9 cm³/mol. The molecule has 8 heteroatoms. The number of rotatable bonds is 4. The number of hydrogen-bond donors (Lipinski definition) is 1. The molecule has 1 heterocycles. The highest BCUT2D eigenvalue weighted by Gasteiger charge is 2.48. The van der Waals surface area contributed by atoms with E-state index in [0.29, 0.717) is 6.54 Å². The number of nitrogens with one attached hydrogen (secondary N) is 1. The Hall–Kier alpha value is -0.890. The number of likely N-dealkylation sites (N-methyl/N-ethyl adjacent to an activating group) is 2. The monoisotopic (exact) mass is 271 g/mol. The maximum Gasteiger partial charge on any atom is 0.383 e. The lowest BCUT2D eigenvalue weighted by Crippen LogP contribution is -2.56. The molecule has 1 fully saturated rings. The van der Waals surface area contributed by atoms with Crippen LogP contribution in [0.2, 0.25) is 0 Å². The van der Waals surface area contributed by atoms with Gasteiger partial charge in [-0.3, -0.25) is 9.69 Å². The molecule has 0 aromatic rings. The largest absolute Gasteiger partial charge is 0.383 e. The summed E-state index contributed by atoms with van der Waals surface area (Å²) in [6.45, 7) is 2.11. The molecular formula is C10H17F4N3O. The number of carbonyl (C=O) groups is 1. The highest BCUT2D eigenvalue weighted by atomic mass is 19.3. The van der Waals surface area contributed by atoms with Gasteiger partial charge in [-0.05, 0) is 14.1 Å². The van der Waals surface area contributed by atoms with Crippen molar-refractivity contribution in [2.75, 3.05) is 40.3 Å². The van der Waals surface area contributed by atoms with Crippen molar-refractivity contribution >= 4 is 5.91 Å². The van der Waals surface area contributed by atoms with Gasteiger partial charge in [0.25, 0.3) is 5.91 Å². The van der Waals surface area contributed by atoms with Gasteiger partial charge in [0, 0.05) is 32.2 Å². The van der Waals surface area contributed by atoms with Gasteiger partial charge < -0.3 is 10.2 Å². The third-order valence-electron chi connectivity index (χ3n) is 3.06. The average molecular weight is 271 g/mol. The highest BCUT2D eigenvalue weighted by Crippen LogP contribution is 2.22. The van der Waals surface area contributed by atoms with E-state index in [-0.39, 0.29) is 12.6 Å². The van der Waals surface area contributed by atoms with Crippen molar-refractivity contribution in [3.63, 3.8) is 0 Å². The number of piperazine rings is 1. The Morgan fingerprint density at radius 2 is 2.00 bits per heavy atom. The minimum Gasteiger partial charge on any atom is -0.349 e. The lowest BCUT2D eigenvalue weighted by Gasteiger charge is -2.37. The number of carbonyl (C=O) groups excluding carboxylic acids is 1. The molecule has 1 N–H and O–H groups in total. The van der Waals surface area contributed by atoms with E-state index in [9.17, 15) is 22.4 Å². The lowest BCUT2D eigenvalue weighted by molar-refractivity contribution is -0.169. The van der Waals surface area contributed by atoms with Crippen molar-refractivity contribution in [3.05, 3.63) is 0 Å². The molecule has 0 radical (unpaired) electrons. The molecular weight excluding hydrogens is 254 g/mol. The summed E-state index contributed by atoms with van der Waals surface area (Å²) >= 11 is 0. The third kappa shape index (κ3) is 3.55. The summed E-state index contributed by atoms with van der Waals surface area (Å²) < 4.78 is 49.2.